The molecule has 2 aromatic rings. The Morgan fingerprint density at radius 2 is 2.04 bits per heavy atom. The van der Waals surface area contributed by atoms with Crippen LogP contribution in [0, 0.1) is 5.41 Å². The van der Waals surface area contributed by atoms with E-state index in [1.165, 1.54) is 31.0 Å². The highest BCUT2D eigenvalue weighted by Gasteiger charge is 2.37. The number of carbonyl (C=O) groups excluding carboxylic acids is 1. The molecule has 1 saturated carbocycles. The molecular weight excluding hydrogens is 356 g/mol. The lowest BCUT2D eigenvalue weighted by Gasteiger charge is -2.09. The molecule has 0 saturated heterocycles. The van der Waals surface area contributed by atoms with E-state index in [-0.39, 0.29) is 5.69 Å². The number of hydrogen-bond donors (Lipinski definition) is 2. The molecule has 0 spiro atoms. The minimum Gasteiger partial charge on any atom is -0.312 e. The van der Waals surface area contributed by atoms with E-state index in [0.717, 1.165) is 6.21 Å². The van der Waals surface area contributed by atoms with Crippen LogP contribution in [0.3, 0.4) is 0 Å². The number of aliphatic imine (C=N–C) groups is 1. The maximum absolute atomic E-state index is 12.2. The molecule has 1 atom stereocenters. The number of hydrogen-bond acceptors (Lipinski definition) is 8. The number of amides is 1. The Labute approximate surface area is 150 Å². The van der Waals surface area contributed by atoms with Gasteiger partial charge in [-0.1, -0.05) is 6.07 Å². The highest BCUT2D eigenvalue weighted by Crippen LogP contribution is 2.27. The lowest BCUT2D eigenvalue weighted by molar-refractivity contribution is 0.0976. The van der Waals surface area contributed by atoms with Gasteiger partial charge in [0.05, 0.1) is 34.9 Å². The Kier molecular flexibility index (Phi) is 5.12. The van der Waals surface area contributed by atoms with Crippen molar-refractivity contribution in [1.82, 2.24) is 19.7 Å². The SMILES string of the molecule is N=CC(C=Nc1cncnc1)c1cccc(C(=O)NS(=O)(=O)C2CC2)n1. The first-order chi connectivity index (χ1) is 12.5. The van der Waals surface area contributed by atoms with E-state index in [9.17, 15) is 13.2 Å². The van der Waals surface area contributed by atoms with Crippen molar-refractivity contribution in [3.05, 3.63) is 48.3 Å². The summed E-state index contributed by atoms with van der Waals surface area (Å²) in [5.74, 6) is -1.36. The van der Waals surface area contributed by atoms with Crippen molar-refractivity contribution in [3.63, 3.8) is 0 Å². The molecule has 1 amide bonds. The van der Waals surface area contributed by atoms with Crippen LogP contribution >= 0.6 is 0 Å². The first-order valence-corrected chi connectivity index (χ1v) is 9.37. The Bertz CT molecular complexity index is 941. The van der Waals surface area contributed by atoms with Crippen molar-refractivity contribution >= 4 is 34.0 Å². The lowest BCUT2D eigenvalue weighted by Crippen LogP contribution is -2.33. The summed E-state index contributed by atoms with van der Waals surface area (Å²) in [6.07, 6.45) is 8.15. The predicted molar refractivity (Wildman–Crippen MR) is 95.4 cm³/mol. The van der Waals surface area contributed by atoms with Gasteiger partial charge in [-0.15, -0.1) is 0 Å². The zero-order chi connectivity index (χ0) is 18.6. The average molecular weight is 372 g/mol. The van der Waals surface area contributed by atoms with Gasteiger partial charge in [0, 0.05) is 12.4 Å². The molecule has 2 heterocycles. The van der Waals surface area contributed by atoms with Crippen LogP contribution in [0.1, 0.15) is 34.9 Å². The Morgan fingerprint density at radius 1 is 1.31 bits per heavy atom. The van der Waals surface area contributed by atoms with Crippen LogP contribution in [0.15, 0.2) is 41.9 Å². The fourth-order valence-corrected chi connectivity index (χ4v) is 3.42. The topological polar surface area (TPSA) is 138 Å². The number of aromatic nitrogens is 3. The van der Waals surface area contributed by atoms with Crippen LogP contribution in [-0.2, 0) is 10.0 Å². The van der Waals surface area contributed by atoms with E-state index >= 15 is 0 Å². The van der Waals surface area contributed by atoms with Gasteiger partial charge in [0.2, 0.25) is 10.0 Å². The van der Waals surface area contributed by atoms with Gasteiger partial charge in [-0.2, -0.15) is 0 Å². The number of sulfonamides is 1. The van der Waals surface area contributed by atoms with Crippen molar-refractivity contribution in [1.29, 1.82) is 5.41 Å². The third-order valence-electron chi connectivity index (χ3n) is 3.65. The summed E-state index contributed by atoms with van der Waals surface area (Å²) in [4.78, 5) is 28.2. The fourth-order valence-electron chi connectivity index (χ4n) is 2.14. The molecule has 1 fully saturated rings. The van der Waals surface area contributed by atoms with Gasteiger partial charge in [-0.25, -0.2) is 28.1 Å². The first kappa shape index (κ1) is 17.8. The number of nitrogens with zero attached hydrogens (tertiary/aromatic N) is 4. The van der Waals surface area contributed by atoms with Crippen LogP contribution in [0.4, 0.5) is 5.69 Å². The molecule has 0 aliphatic heterocycles. The molecule has 1 aliphatic rings. The minimum absolute atomic E-state index is 0.0324. The Morgan fingerprint density at radius 3 is 2.69 bits per heavy atom. The standard InChI is InChI=1S/C16H16N6O3S/c17-6-11(7-20-12-8-18-10-19-9-12)14-2-1-3-15(21-14)16(23)22-26(24,25)13-4-5-13/h1-3,6-11,13,17H,4-5H2,(H,22,23). The van der Waals surface area contributed by atoms with Crippen molar-refractivity contribution in [2.24, 2.45) is 4.99 Å². The molecule has 2 N–H and O–H groups in total. The van der Waals surface area contributed by atoms with E-state index in [0.29, 0.717) is 24.2 Å². The van der Waals surface area contributed by atoms with Gasteiger partial charge < -0.3 is 5.41 Å². The largest absolute Gasteiger partial charge is 0.312 e. The zero-order valence-corrected chi connectivity index (χ0v) is 14.4. The number of carbonyl (C=O) groups is 1. The molecule has 1 aliphatic carbocycles. The maximum Gasteiger partial charge on any atom is 0.283 e. The van der Waals surface area contributed by atoms with E-state index < -0.39 is 27.1 Å². The molecule has 3 rings (SSSR count). The Balaban J connectivity index is 1.77. The van der Waals surface area contributed by atoms with Crippen LogP contribution in [-0.4, -0.2) is 47.0 Å². The monoisotopic (exact) mass is 372 g/mol. The van der Waals surface area contributed by atoms with Crippen molar-refractivity contribution < 1.29 is 13.2 Å². The summed E-state index contributed by atoms with van der Waals surface area (Å²) in [7, 11) is -3.64. The summed E-state index contributed by atoms with van der Waals surface area (Å²) in [6, 6.07) is 4.64. The molecule has 2 aromatic heterocycles. The molecule has 1 unspecified atom stereocenters. The van der Waals surface area contributed by atoms with Crippen molar-refractivity contribution in [2.45, 2.75) is 24.0 Å². The van der Waals surface area contributed by atoms with E-state index in [1.54, 1.807) is 12.1 Å². The summed E-state index contributed by atoms with van der Waals surface area (Å²) in [5.41, 5.74) is 0.885. The van der Waals surface area contributed by atoms with Crippen LogP contribution in [0.2, 0.25) is 0 Å². The average Bonchev–Trinajstić information content (AvgIpc) is 3.49. The first-order valence-electron chi connectivity index (χ1n) is 7.82. The second-order valence-corrected chi connectivity index (χ2v) is 7.65. The van der Waals surface area contributed by atoms with Gasteiger partial charge in [-0.05, 0) is 25.0 Å². The van der Waals surface area contributed by atoms with Gasteiger partial charge in [0.15, 0.2) is 0 Å². The second-order valence-electron chi connectivity index (χ2n) is 5.69. The summed E-state index contributed by atoms with van der Waals surface area (Å²) in [5, 5.41) is 7.07. The fraction of sp³-hybridized carbons (Fsp3) is 0.250. The van der Waals surface area contributed by atoms with Crippen molar-refractivity contribution in [2.75, 3.05) is 0 Å². The third kappa shape index (κ3) is 4.33. The summed E-state index contributed by atoms with van der Waals surface area (Å²) < 4.78 is 25.8. The number of rotatable bonds is 7. The lowest BCUT2D eigenvalue weighted by atomic mass is 10.1. The molecule has 0 radical (unpaired) electrons. The normalized spacial score (nSPS) is 15.5. The van der Waals surface area contributed by atoms with Crippen molar-refractivity contribution in [3.8, 4) is 0 Å². The minimum atomic E-state index is -3.64. The smallest absolute Gasteiger partial charge is 0.283 e. The number of pyridine rings is 1. The van der Waals surface area contributed by atoms with Crippen LogP contribution < -0.4 is 4.72 Å². The summed E-state index contributed by atoms with van der Waals surface area (Å²) >= 11 is 0. The molecule has 0 aromatic carbocycles. The van der Waals surface area contributed by atoms with E-state index in [4.69, 9.17) is 5.41 Å². The van der Waals surface area contributed by atoms with Crippen LogP contribution in [0.25, 0.3) is 0 Å². The molecule has 9 nitrogen and oxygen atoms in total. The van der Waals surface area contributed by atoms with Gasteiger partial charge in [0.25, 0.3) is 5.91 Å². The Hall–Kier alpha value is -3.01. The quantitative estimate of drug-likeness (QED) is 0.701. The molecular formula is C16H16N6O3S. The van der Waals surface area contributed by atoms with Gasteiger partial charge in [-0.3, -0.25) is 9.79 Å². The van der Waals surface area contributed by atoms with E-state index in [2.05, 4.69) is 19.9 Å². The zero-order valence-electron chi connectivity index (χ0n) is 13.6. The van der Waals surface area contributed by atoms with Gasteiger partial charge >= 0.3 is 0 Å². The third-order valence-corrected chi connectivity index (χ3v) is 5.47. The van der Waals surface area contributed by atoms with E-state index in [1.807, 2.05) is 4.72 Å². The molecule has 26 heavy (non-hydrogen) atoms. The second kappa shape index (κ2) is 7.48. The van der Waals surface area contributed by atoms with Crippen LogP contribution in [0.5, 0.6) is 0 Å². The summed E-state index contributed by atoms with van der Waals surface area (Å²) in [6.45, 7) is 0. The predicted octanol–water partition coefficient (Wildman–Crippen LogP) is 1.23. The molecule has 10 heteroatoms. The van der Waals surface area contributed by atoms with Gasteiger partial charge in [0.1, 0.15) is 12.0 Å². The highest BCUT2D eigenvalue weighted by molar-refractivity contribution is 7.91. The molecule has 134 valence electrons. The number of nitrogens with one attached hydrogen (secondary N) is 2. The highest BCUT2D eigenvalue weighted by atomic mass is 32.2. The molecule has 0 bridgehead atoms. The maximum atomic E-state index is 12.2.